The van der Waals surface area contributed by atoms with E-state index in [9.17, 15) is 4.39 Å². The molecule has 0 fully saturated rings. The minimum atomic E-state index is -0.249. The fourth-order valence-corrected chi connectivity index (χ4v) is 2.03. The summed E-state index contributed by atoms with van der Waals surface area (Å²) >= 11 is 0. The lowest BCUT2D eigenvalue weighted by atomic mass is 10.2. The maximum atomic E-state index is 12.9. The van der Waals surface area contributed by atoms with Gasteiger partial charge in [0.2, 0.25) is 0 Å². The maximum Gasteiger partial charge on any atom is 0.148 e. The Hall–Kier alpha value is -1.88. The largest absolute Gasteiger partial charge is 0.396 e. The third-order valence-corrected chi connectivity index (χ3v) is 3.10. The fourth-order valence-electron chi connectivity index (χ4n) is 2.03. The van der Waals surface area contributed by atoms with E-state index >= 15 is 0 Å². The maximum absolute atomic E-state index is 12.9. The SMILES string of the molecule is Cc1cc(NCCCCCO)nn1-c1ccc(F)cc1. The molecule has 0 amide bonds. The van der Waals surface area contributed by atoms with Crippen LogP contribution in [0, 0.1) is 12.7 Å². The molecule has 2 rings (SSSR count). The molecule has 0 saturated carbocycles. The van der Waals surface area contributed by atoms with Gasteiger partial charge in [-0.05, 0) is 50.5 Å². The van der Waals surface area contributed by atoms with E-state index < -0.39 is 0 Å². The van der Waals surface area contributed by atoms with E-state index in [0.29, 0.717) is 0 Å². The number of hydrogen-bond donors (Lipinski definition) is 2. The number of halogens is 1. The number of rotatable bonds is 7. The smallest absolute Gasteiger partial charge is 0.148 e. The van der Waals surface area contributed by atoms with Gasteiger partial charge in [0.25, 0.3) is 0 Å². The molecule has 1 heterocycles. The molecule has 0 aliphatic heterocycles. The minimum absolute atomic E-state index is 0.248. The molecule has 0 unspecified atom stereocenters. The van der Waals surface area contributed by atoms with Gasteiger partial charge in [-0.2, -0.15) is 5.10 Å². The number of nitrogens with zero attached hydrogens (tertiary/aromatic N) is 2. The first-order chi connectivity index (χ1) is 9.70. The highest BCUT2D eigenvalue weighted by molar-refractivity contribution is 5.41. The first-order valence-electron chi connectivity index (χ1n) is 6.88. The lowest BCUT2D eigenvalue weighted by Gasteiger charge is -2.04. The van der Waals surface area contributed by atoms with Gasteiger partial charge in [-0.1, -0.05) is 0 Å². The van der Waals surface area contributed by atoms with Gasteiger partial charge in [0, 0.05) is 24.9 Å². The number of aliphatic hydroxyl groups is 1. The van der Waals surface area contributed by atoms with E-state index in [2.05, 4.69) is 10.4 Å². The van der Waals surface area contributed by atoms with Crippen LogP contribution in [-0.4, -0.2) is 28.0 Å². The Balaban J connectivity index is 1.97. The summed E-state index contributed by atoms with van der Waals surface area (Å²) in [6, 6.07) is 8.24. The Morgan fingerprint density at radius 3 is 2.65 bits per heavy atom. The molecule has 0 bridgehead atoms. The summed E-state index contributed by atoms with van der Waals surface area (Å²) in [6.45, 7) is 3.05. The molecular weight excluding hydrogens is 257 g/mol. The Bertz CT molecular complexity index is 537. The van der Waals surface area contributed by atoms with Crippen LogP contribution in [0.25, 0.3) is 5.69 Å². The summed E-state index contributed by atoms with van der Waals surface area (Å²) in [5.74, 6) is 0.566. The molecule has 0 aliphatic carbocycles. The molecule has 1 aromatic carbocycles. The predicted octanol–water partition coefficient (Wildman–Crippen LogP) is 2.89. The second-order valence-corrected chi connectivity index (χ2v) is 4.77. The molecule has 2 N–H and O–H groups in total. The number of aromatic nitrogens is 2. The molecule has 20 heavy (non-hydrogen) atoms. The predicted molar refractivity (Wildman–Crippen MR) is 77.7 cm³/mol. The highest BCUT2D eigenvalue weighted by Crippen LogP contribution is 2.15. The summed E-state index contributed by atoms with van der Waals surface area (Å²) in [7, 11) is 0. The monoisotopic (exact) mass is 277 g/mol. The lowest BCUT2D eigenvalue weighted by Crippen LogP contribution is -2.04. The molecule has 0 saturated heterocycles. The first-order valence-corrected chi connectivity index (χ1v) is 6.88. The average molecular weight is 277 g/mol. The van der Waals surface area contributed by atoms with Crippen molar-refractivity contribution >= 4 is 5.82 Å². The highest BCUT2D eigenvalue weighted by Gasteiger charge is 2.05. The van der Waals surface area contributed by atoms with Crippen LogP contribution in [-0.2, 0) is 0 Å². The number of aliphatic hydroxyl groups excluding tert-OH is 1. The molecule has 0 atom stereocenters. The summed E-state index contributed by atoms with van der Waals surface area (Å²) in [4.78, 5) is 0. The summed E-state index contributed by atoms with van der Waals surface area (Å²) in [5.41, 5.74) is 1.84. The van der Waals surface area contributed by atoms with Crippen LogP contribution in [0.15, 0.2) is 30.3 Å². The first kappa shape index (κ1) is 14.5. The highest BCUT2D eigenvalue weighted by atomic mass is 19.1. The van der Waals surface area contributed by atoms with Crippen LogP contribution in [0.4, 0.5) is 10.2 Å². The van der Waals surface area contributed by atoms with Crippen LogP contribution >= 0.6 is 0 Å². The van der Waals surface area contributed by atoms with Gasteiger partial charge in [0.05, 0.1) is 5.69 Å². The van der Waals surface area contributed by atoms with E-state index in [1.54, 1.807) is 16.8 Å². The Labute approximate surface area is 118 Å². The van der Waals surface area contributed by atoms with Gasteiger partial charge in [0.1, 0.15) is 11.6 Å². The van der Waals surface area contributed by atoms with Crippen molar-refractivity contribution in [2.75, 3.05) is 18.5 Å². The number of anilines is 1. The van der Waals surface area contributed by atoms with Gasteiger partial charge in [-0.15, -0.1) is 0 Å². The summed E-state index contributed by atoms with van der Waals surface area (Å²) < 4.78 is 14.7. The molecule has 5 heteroatoms. The minimum Gasteiger partial charge on any atom is -0.396 e. The Kier molecular flexibility index (Phi) is 5.12. The van der Waals surface area contributed by atoms with Gasteiger partial charge in [-0.3, -0.25) is 0 Å². The number of unbranched alkanes of at least 4 members (excludes halogenated alkanes) is 2. The number of nitrogens with one attached hydrogen (secondary N) is 1. The van der Waals surface area contributed by atoms with E-state index in [1.807, 2.05) is 13.0 Å². The zero-order valence-corrected chi connectivity index (χ0v) is 11.6. The molecular formula is C15H20FN3O. The Morgan fingerprint density at radius 1 is 1.20 bits per heavy atom. The van der Waals surface area contributed by atoms with E-state index in [0.717, 1.165) is 43.0 Å². The third-order valence-electron chi connectivity index (χ3n) is 3.10. The molecule has 1 aromatic heterocycles. The number of aryl methyl sites for hydroxylation is 1. The van der Waals surface area contributed by atoms with Crippen molar-refractivity contribution in [2.45, 2.75) is 26.2 Å². The van der Waals surface area contributed by atoms with Gasteiger partial charge in [-0.25, -0.2) is 9.07 Å². The number of hydrogen-bond acceptors (Lipinski definition) is 3. The van der Waals surface area contributed by atoms with Crippen LogP contribution in [0.2, 0.25) is 0 Å². The third kappa shape index (κ3) is 3.81. The second kappa shape index (κ2) is 7.05. The molecule has 2 aromatic rings. The second-order valence-electron chi connectivity index (χ2n) is 4.77. The van der Waals surface area contributed by atoms with Crippen molar-refractivity contribution in [1.29, 1.82) is 0 Å². The molecule has 0 aliphatic rings. The van der Waals surface area contributed by atoms with Crippen LogP contribution in [0.3, 0.4) is 0 Å². The topological polar surface area (TPSA) is 50.1 Å². The fraction of sp³-hybridized carbons (Fsp3) is 0.400. The molecule has 4 nitrogen and oxygen atoms in total. The quantitative estimate of drug-likeness (QED) is 0.765. The van der Waals surface area contributed by atoms with Crippen LogP contribution in [0.1, 0.15) is 25.0 Å². The van der Waals surface area contributed by atoms with Crippen molar-refractivity contribution in [3.8, 4) is 5.69 Å². The van der Waals surface area contributed by atoms with Crippen LogP contribution in [0.5, 0.6) is 0 Å². The van der Waals surface area contributed by atoms with Crippen molar-refractivity contribution in [2.24, 2.45) is 0 Å². The van der Waals surface area contributed by atoms with Crippen molar-refractivity contribution in [1.82, 2.24) is 9.78 Å². The van der Waals surface area contributed by atoms with Crippen LogP contribution < -0.4 is 5.32 Å². The van der Waals surface area contributed by atoms with E-state index in [4.69, 9.17) is 5.11 Å². The average Bonchev–Trinajstić information content (AvgIpc) is 2.81. The normalized spacial score (nSPS) is 10.8. The Morgan fingerprint density at radius 2 is 1.95 bits per heavy atom. The van der Waals surface area contributed by atoms with Gasteiger partial charge in [0.15, 0.2) is 0 Å². The van der Waals surface area contributed by atoms with E-state index in [1.165, 1.54) is 12.1 Å². The zero-order valence-electron chi connectivity index (χ0n) is 11.6. The van der Waals surface area contributed by atoms with Crippen molar-refractivity contribution in [3.63, 3.8) is 0 Å². The summed E-state index contributed by atoms with van der Waals surface area (Å²) in [6.07, 6.45) is 2.84. The zero-order chi connectivity index (χ0) is 14.4. The molecule has 0 spiro atoms. The van der Waals surface area contributed by atoms with Gasteiger partial charge >= 0.3 is 0 Å². The summed E-state index contributed by atoms with van der Waals surface area (Å²) in [5, 5.41) is 16.4. The standard InChI is InChI=1S/C15H20FN3O/c1-12-11-15(17-9-3-2-4-10-20)18-19(12)14-7-5-13(16)6-8-14/h5-8,11,20H,2-4,9-10H2,1H3,(H,17,18). The van der Waals surface area contributed by atoms with Crippen molar-refractivity contribution in [3.05, 3.63) is 41.8 Å². The molecule has 108 valence electrons. The van der Waals surface area contributed by atoms with E-state index in [-0.39, 0.29) is 12.4 Å². The van der Waals surface area contributed by atoms with Gasteiger partial charge < -0.3 is 10.4 Å². The lowest BCUT2D eigenvalue weighted by molar-refractivity contribution is 0.283. The van der Waals surface area contributed by atoms with Crippen molar-refractivity contribution < 1.29 is 9.50 Å². The number of benzene rings is 1. The molecule has 0 radical (unpaired) electrons.